The number of nitrogens with one attached hydrogen (secondary N) is 1. The maximum atomic E-state index is 13.0. The van der Waals surface area contributed by atoms with Crippen molar-refractivity contribution in [3.8, 4) is 5.69 Å². The number of carboxylic acids is 1. The zero-order valence-electron chi connectivity index (χ0n) is 13.3. The monoisotopic (exact) mass is 348 g/mol. The maximum Gasteiger partial charge on any atom is 0.305 e. The van der Waals surface area contributed by atoms with E-state index >= 15 is 0 Å². The van der Waals surface area contributed by atoms with E-state index in [9.17, 15) is 14.0 Å². The lowest BCUT2D eigenvalue weighted by molar-refractivity contribution is -0.139. The number of carbonyl (C=O) groups excluding carboxylic acids is 1. The van der Waals surface area contributed by atoms with Crippen LogP contribution >= 0.6 is 0 Å². The van der Waals surface area contributed by atoms with E-state index in [1.54, 1.807) is 0 Å². The number of carbonyl (C=O) groups is 2. The molecule has 1 saturated heterocycles. The molecule has 0 atom stereocenters. The Morgan fingerprint density at radius 2 is 1.96 bits per heavy atom. The first kappa shape index (κ1) is 17.0. The number of hydrogen-bond acceptors (Lipinski definition) is 5. The SMILES string of the molecule is O=C(O)CC1(NC(=O)c2cnn(-c3ccc(F)cc3)n2)CCOCC1. The molecule has 0 bridgehead atoms. The average molecular weight is 348 g/mol. The first-order chi connectivity index (χ1) is 12.0. The van der Waals surface area contributed by atoms with Crippen LogP contribution < -0.4 is 5.32 Å². The quantitative estimate of drug-likeness (QED) is 0.840. The number of halogens is 1. The molecule has 0 spiro atoms. The van der Waals surface area contributed by atoms with Gasteiger partial charge in [0.25, 0.3) is 5.91 Å². The van der Waals surface area contributed by atoms with Crippen molar-refractivity contribution in [1.82, 2.24) is 20.3 Å². The Labute approximate surface area is 142 Å². The summed E-state index contributed by atoms with van der Waals surface area (Å²) in [6, 6.07) is 5.51. The summed E-state index contributed by atoms with van der Waals surface area (Å²) >= 11 is 0. The van der Waals surface area contributed by atoms with Crippen LogP contribution in [-0.2, 0) is 9.53 Å². The standard InChI is InChI=1S/C16H17FN4O4/c17-11-1-3-12(4-2-11)21-18-10-13(20-21)15(24)19-16(9-14(22)23)5-7-25-8-6-16/h1-4,10H,5-9H2,(H,19,24)(H,22,23). The van der Waals surface area contributed by atoms with Crippen LogP contribution in [0.15, 0.2) is 30.5 Å². The Morgan fingerprint density at radius 3 is 2.60 bits per heavy atom. The number of aliphatic carboxylic acids is 1. The maximum absolute atomic E-state index is 13.0. The van der Waals surface area contributed by atoms with Crippen LogP contribution in [0, 0.1) is 5.82 Å². The first-order valence-electron chi connectivity index (χ1n) is 7.78. The van der Waals surface area contributed by atoms with Crippen molar-refractivity contribution >= 4 is 11.9 Å². The van der Waals surface area contributed by atoms with Crippen LogP contribution in [0.1, 0.15) is 29.8 Å². The number of ether oxygens (including phenoxy) is 1. The number of benzene rings is 1. The fourth-order valence-electron chi connectivity index (χ4n) is 2.77. The van der Waals surface area contributed by atoms with E-state index in [4.69, 9.17) is 9.84 Å². The Morgan fingerprint density at radius 1 is 1.28 bits per heavy atom. The third kappa shape index (κ3) is 4.00. The highest BCUT2D eigenvalue weighted by Gasteiger charge is 2.37. The normalized spacial score (nSPS) is 16.4. The van der Waals surface area contributed by atoms with Crippen molar-refractivity contribution in [3.05, 3.63) is 42.0 Å². The first-order valence-corrected chi connectivity index (χ1v) is 7.78. The zero-order chi connectivity index (χ0) is 17.9. The van der Waals surface area contributed by atoms with Gasteiger partial charge < -0.3 is 15.2 Å². The van der Waals surface area contributed by atoms with Gasteiger partial charge in [0.2, 0.25) is 0 Å². The van der Waals surface area contributed by atoms with E-state index in [-0.39, 0.29) is 17.9 Å². The highest BCUT2D eigenvalue weighted by atomic mass is 19.1. The van der Waals surface area contributed by atoms with Crippen LogP contribution in [-0.4, -0.2) is 50.7 Å². The van der Waals surface area contributed by atoms with Crippen molar-refractivity contribution in [3.63, 3.8) is 0 Å². The van der Waals surface area contributed by atoms with Gasteiger partial charge in [-0.15, -0.1) is 5.10 Å². The van der Waals surface area contributed by atoms with Crippen molar-refractivity contribution in [2.75, 3.05) is 13.2 Å². The fraction of sp³-hybridized carbons (Fsp3) is 0.375. The van der Waals surface area contributed by atoms with E-state index in [1.165, 1.54) is 35.3 Å². The highest BCUT2D eigenvalue weighted by Crippen LogP contribution is 2.25. The second-order valence-corrected chi connectivity index (χ2v) is 5.91. The van der Waals surface area contributed by atoms with Gasteiger partial charge in [0.05, 0.1) is 23.8 Å². The summed E-state index contributed by atoms with van der Waals surface area (Å²) < 4.78 is 18.2. The van der Waals surface area contributed by atoms with Gasteiger partial charge >= 0.3 is 5.97 Å². The van der Waals surface area contributed by atoms with Gasteiger partial charge in [0.15, 0.2) is 5.69 Å². The molecule has 25 heavy (non-hydrogen) atoms. The van der Waals surface area contributed by atoms with Crippen LogP contribution in [0.25, 0.3) is 5.69 Å². The van der Waals surface area contributed by atoms with Crippen molar-refractivity contribution < 1.29 is 23.8 Å². The molecule has 0 unspecified atom stereocenters. The number of carboxylic acid groups (broad SMARTS) is 1. The third-order valence-corrected chi connectivity index (χ3v) is 4.10. The summed E-state index contributed by atoms with van der Waals surface area (Å²) in [7, 11) is 0. The topological polar surface area (TPSA) is 106 Å². The Balaban J connectivity index is 1.76. The van der Waals surface area contributed by atoms with E-state index in [2.05, 4.69) is 15.5 Å². The van der Waals surface area contributed by atoms with Gasteiger partial charge in [0, 0.05) is 13.2 Å². The van der Waals surface area contributed by atoms with Crippen LogP contribution in [0.2, 0.25) is 0 Å². The van der Waals surface area contributed by atoms with E-state index in [1.807, 2.05) is 0 Å². The summed E-state index contributed by atoms with van der Waals surface area (Å²) in [6.45, 7) is 0.770. The number of hydrogen-bond donors (Lipinski definition) is 2. The van der Waals surface area contributed by atoms with Gasteiger partial charge in [0.1, 0.15) is 5.82 Å². The molecule has 1 aromatic carbocycles. The third-order valence-electron chi connectivity index (χ3n) is 4.10. The summed E-state index contributed by atoms with van der Waals surface area (Å²) in [4.78, 5) is 24.8. The smallest absolute Gasteiger partial charge is 0.305 e. The van der Waals surface area contributed by atoms with Gasteiger partial charge in [-0.3, -0.25) is 9.59 Å². The minimum Gasteiger partial charge on any atom is -0.481 e. The Bertz CT molecular complexity index is 769. The van der Waals surface area contributed by atoms with Crippen LogP contribution in [0.5, 0.6) is 0 Å². The molecule has 3 rings (SSSR count). The van der Waals surface area contributed by atoms with E-state index in [0.29, 0.717) is 31.7 Å². The fourth-order valence-corrected chi connectivity index (χ4v) is 2.77. The molecule has 1 aromatic heterocycles. The molecular formula is C16H17FN4O4. The molecule has 132 valence electrons. The van der Waals surface area contributed by atoms with Crippen LogP contribution in [0.3, 0.4) is 0 Å². The molecule has 1 aliphatic rings. The zero-order valence-corrected chi connectivity index (χ0v) is 13.3. The molecule has 2 aromatic rings. The second-order valence-electron chi connectivity index (χ2n) is 5.91. The lowest BCUT2D eigenvalue weighted by atomic mass is 9.86. The predicted molar refractivity (Wildman–Crippen MR) is 83.8 cm³/mol. The lowest BCUT2D eigenvalue weighted by Gasteiger charge is -2.36. The average Bonchev–Trinajstić information content (AvgIpc) is 3.05. The van der Waals surface area contributed by atoms with E-state index in [0.717, 1.165) is 0 Å². The molecule has 1 aliphatic heterocycles. The Hall–Kier alpha value is -2.81. The molecule has 1 fully saturated rings. The van der Waals surface area contributed by atoms with Gasteiger partial charge in [-0.1, -0.05) is 0 Å². The molecule has 0 saturated carbocycles. The van der Waals surface area contributed by atoms with Crippen molar-refractivity contribution in [2.45, 2.75) is 24.8 Å². The Kier molecular flexibility index (Phi) is 4.75. The largest absolute Gasteiger partial charge is 0.481 e. The molecule has 0 radical (unpaired) electrons. The summed E-state index contributed by atoms with van der Waals surface area (Å²) in [5, 5.41) is 20.0. The molecule has 1 amide bonds. The highest BCUT2D eigenvalue weighted by molar-refractivity contribution is 5.92. The molecular weight excluding hydrogens is 331 g/mol. The molecule has 8 nitrogen and oxygen atoms in total. The number of rotatable bonds is 5. The molecule has 2 N–H and O–H groups in total. The predicted octanol–water partition coefficient (Wildman–Crippen LogP) is 1.16. The van der Waals surface area contributed by atoms with Gasteiger partial charge in [-0.2, -0.15) is 9.90 Å². The minimum atomic E-state index is -0.989. The lowest BCUT2D eigenvalue weighted by Crippen LogP contribution is -2.53. The van der Waals surface area contributed by atoms with E-state index < -0.39 is 17.4 Å². The second kappa shape index (κ2) is 6.98. The number of amides is 1. The summed E-state index contributed by atoms with van der Waals surface area (Å²) in [5.41, 5.74) is -0.298. The number of aromatic nitrogens is 3. The van der Waals surface area contributed by atoms with Crippen LogP contribution in [0.4, 0.5) is 4.39 Å². The minimum absolute atomic E-state index is 0.0561. The van der Waals surface area contributed by atoms with Crippen molar-refractivity contribution in [2.24, 2.45) is 0 Å². The van der Waals surface area contributed by atoms with Gasteiger partial charge in [-0.05, 0) is 37.1 Å². The van der Waals surface area contributed by atoms with Crippen molar-refractivity contribution in [1.29, 1.82) is 0 Å². The molecule has 0 aliphatic carbocycles. The van der Waals surface area contributed by atoms with Gasteiger partial charge in [-0.25, -0.2) is 4.39 Å². The number of nitrogens with zero attached hydrogens (tertiary/aromatic N) is 3. The molecule has 2 heterocycles. The summed E-state index contributed by atoms with van der Waals surface area (Å²) in [5.74, 6) is -1.88. The molecule has 9 heteroatoms. The summed E-state index contributed by atoms with van der Waals surface area (Å²) in [6.07, 6.45) is 1.93.